The van der Waals surface area contributed by atoms with Crippen LogP contribution in [0.4, 0.5) is 15.9 Å². The molecule has 0 atom stereocenters. The van der Waals surface area contributed by atoms with Gasteiger partial charge in [-0.3, -0.25) is 19.1 Å². The van der Waals surface area contributed by atoms with Crippen molar-refractivity contribution in [2.45, 2.75) is 33.9 Å². The summed E-state index contributed by atoms with van der Waals surface area (Å²) in [6.07, 6.45) is 0. The molecule has 182 valence electrons. The molecule has 3 N–H and O–H groups in total. The van der Waals surface area contributed by atoms with Gasteiger partial charge < -0.3 is 15.4 Å². The molecule has 2 aromatic heterocycles. The number of nitrogens with two attached hydrogens (primary N) is 1. The first-order valence-corrected chi connectivity index (χ1v) is 10.6. The minimum absolute atomic E-state index is 0.00120. The monoisotopic (exact) mass is 474 g/mol. The number of aryl methyl sites for hydroxylation is 1. The first-order valence-electron chi connectivity index (χ1n) is 10.6. The van der Waals surface area contributed by atoms with E-state index in [1.165, 1.54) is 23.8 Å². The summed E-state index contributed by atoms with van der Waals surface area (Å²) in [5, 5.41) is 12.0. The molecule has 2 heterocycles. The van der Waals surface area contributed by atoms with Crippen molar-refractivity contribution in [3.05, 3.63) is 50.4 Å². The van der Waals surface area contributed by atoms with Gasteiger partial charge in [0.05, 0.1) is 6.61 Å². The second-order valence-corrected chi connectivity index (χ2v) is 8.14. The summed E-state index contributed by atoms with van der Waals surface area (Å²) in [5.41, 5.74) is 5.52. The van der Waals surface area contributed by atoms with Crippen molar-refractivity contribution in [2.75, 3.05) is 30.9 Å². The maximum absolute atomic E-state index is 13.6. The summed E-state index contributed by atoms with van der Waals surface area (Å²) < 4.78 is 19.8. The van der Waals surface area contributed by atoms with Gasteiger partial charge in [0.1, 0.15) is 18.2 Å². The molecule has 0 fully saturated rings. The van der Waals surface area contributed by atoms with Crippen LogP contribution in [-0.4, -0.2) is 55.9 Å². The number of anilines is 2. The molecule has 12 nitrogen and oxygen atoms in total. The van der Waals surface area contributed by atoms with E-state index in [9.17, 15) is 18.8 Å². The third kappa shape index (κ3) is 5.36. The third-order valence-electron chi connectivity index (χ3n) is 5.00. The SMILES string of the molecule is COCCN(C(=O)Cn1nnc(-c2ccc(F)c(C)c2)n1)c1c(N)n(CC(C)C)c(=O)[nH]c1=O. The van der Waals surface area contributed by atoms with E-state index in [0.29, 0.717) is 11.1 Å². The number of aromatic nitrogens is 6. The van der Waals surface area contributed by atoms with Gasteiger partial charge in [-0.25, -0.2) is 9.18 Å². The number of nitrogen functional groups attached to an aromatic ring is 1. The van der Waals surface area contributed by atoms with Gasteiger partial charge in [0.15, 0.2) is 5.69 Å². The number of rotatable bonds is 9. The lowest BCUT2D eigenvalue weighted by Crippen LogP contribution is -2.44. The van der Waals surface area contributed by atoms with Crippen LogP contribution in [0.25, 0.3) is 11.4 Å². The van der Waals surface area contributed by atoms with Gasteiger partial charge in [0.2, 0.25) is 5.82 Å². The molecular weight excluding hydrogens is 447 g/mol. The number of nitrogens with zero attached hydrogens (tertiary/aromatic N) is 6. The van der Waals surface area contributed by atoms with Gasteiger partial charge in [-0.2, -0.15) is 4.80 Å². The van der Waals surface area contributed by atoms with E-state index in [4.69, 9.17) is 10.5 Å². The van der Waals surface area contributed by atoms with Crippen molar-refractivity contribution in [1.82, 2.24) is 29.8 Å². The van der Waals surface area contributed by atoms with Crippen molar-refractivity contribution in [2.24, 2.45) is 5.92 Å². The van der Waals surface area contributed by atoms with Gasteiger partial charge in [0, 0.05) is 25.8 Å². The normalized spacial score (nSPS) is 11.2. The summed E-state index contributed by atoms with van der Waals surface area (Å²) >= 11 is 0. The van der Waals surface area contributed by atoms with E-state index >= 15 is 0 Å². The smallest absolute Gasteiger partial charge is 0.330 e. The van der Waals surface area contributed by atoms with Gasteiger partial charge in [-0.05, 0) is 41.8 Å². The van der Waals surface area contributed by atoms with Crippen LogP contribution in [0.3, 0.4) is 0 Å². The second kappa shape index (κ2) is 10.4. The first kappa shape index (κ1) is 24.8. The Hall–Kier alpha value is -3.87. The number of tetrazole rings is 1. The number of hydrogen-bond donors (Lipinski definition) is 2. The molecule has 0 saturated carbocycles. The Bertz CT molecular complexity index is 1300. The maximum atomic E-state index is 13.6. The summed E-state index contributed by atoms with van der Waals surface area (Å²) in [5.74, 6) is -0.775. The molecule has 3 rings (SSSR count). The minimum atomic E-state index is -0.791. The average molecular weight is 474 g/mol. The number of hydrogen-bond acceptors (Lipinski definition) is 8. The van der Waals surface area contributed by atoms with Crippen LogP contribution in [0, 0.1) is 18.7 Å². The predicted octanol–water partition coefficient (Wildman–Crippen LogP) is 0.555. The van der Waals surface area contributed by atoms with Crippen molar-refractivity contribution in [1.29, 1.82) is 0 Å². The Labute approximate surface area is 194 Å². The number of nitrogens with one attached hydrogen (secondary N) is 1. The number of halogens is 1. The zero-order valence-corrected chi connectivity index (χ0v) is 19.4. The molecule has 0 aliphatic rings. The molecule has 0 saturated heterocycles. The lowest BCUT2D eigenvalue weighted by Gasteiger charge is -2.24. The maximum Gasteiger partial charge on any atom is 0.330 e. The highest BCUT2D eigenvalue weighted by molar-refractivity contribution is 5.95. The average Bonchev–Trinajstić information content (AvgIpc) is 3.23. The minimum Gasteiger partial charge on any atom is -0.383 e. The number of H-pyrrole nitrogens is 1. The number of ether oxygens (including phenoxy) is 1. The van der Waals surface area contributed by atoms with E-state index in [2.05, 4.69) is 20.4 Å². The van der Waals surface area contributed by atoms with Crippen LogP contribution < -0.4 is 21.9 Å². The van der Waals surface area contributed by atoms with Crippen molar-refractivity contribution >= 4 is 17.4 Å². The zero-order chi connectivity index (χ0) is 25.0. The van der Waals surface area contributed by atoms with Crippen LogP contribution in [0.15, 0.2) is 27.8 Å². The summed E-state index contributed by atoms with van der Waals surface area (Å²) in [7, 11) is 1.45. The Kier molecular flexibility index (Phi) is 7.56. The van der Waals surface area contributed by atoms with Gasteiger partial charge in [0.25, 0.3) is 11.5 Å². The second-order valence-electron chi connectivity index (χ2n) is 8.14. The molecule has 1 amide bonds. The first-order chi connectivity index (χ1) is 16.1. The molecule has 0 aliphatic heterocycles. The molecule has 0 aliphatic carbocycles. The number of amides is 1. The fourth-order valence-electron chi connectivity index (χ4n) is 3.34. The molecule has 1 aromatic carbocycles. The Morgan fingerprint density at radius 2 is 2.06 bits per heavy atom. The number of methoxy groups -OCH3 is 1. The predicted molar refractivity (Wildman–Crippen MR) is 123 cm³/mol. The highest BCUT2D eigenvalue weighted by Crippen LogP contribution is 2.19. The lowest BCUT2D eigenvalue weighted by atomic mass is 10.1. The molecule has 0 spiro atoms. The molecule has 34 heavy (non-hydrogen) atoms. The van der Waals surface area contributed by atoms with E-state index in [1.807, 2.05) is 13.8 Å². The number of carbonyl (C=O) groups is 1. The largest absolute Gasteiger partial charge is 0.383 e. The summed E-state index contributed by atoms with van der Waals surface area (Å²) in [6.45, 7) is 5.40. The van der Waals surface area contributed by atoms with Crippen molar-refractivity contribution in [3.63, 3.8) is 0 Å². The van der Waals surface area contributed by atoms with E-state index in [-0.39, 0.29) is 55.3 Å². The Balaban J connectivity index is 1.93. The molecular formula is C21H27FN8O4. The fourth-order valence-corrected chi connectivity index (χ4v) is 3.34. The topological polar surface area (TPSA) is 154 Å². The molecule has 0 unspecified atom stereocenters. The van der Waals surface area contributed by atoms with E-state index in [1.54, 1.807) is 13.0 Å². The summed E-state index contributed by atoms with van der Waals surface area (Å²) in [4.78, 5) is 42.5. The third-order valence-corrected chi connectivity index (χ3v) is 5.00. The molecule has 3 aromatic rings. The van der Waals surface area contributed by atoms with Crippen LogP contribution in [0.1, 0.15) is 19.4 Å². The van der Waals surface area contributed by atoms with Crippen LogP contribution >= 0.6 is 0 Å². The highest BCUT2D eigenvalue weighted by atomic mass is 19.1. The standard InChI is InChI=1S/C21H27FN8O4/c1-12(2)10-29-18(23)17(20(32)24-21(29)33)28(7-8-34-4)16(31)11-30-26-19(25-27-30)14-5-6-15(22)13(3)9-14/h5-6,9,12H,7-8,10-11,23H2,1-4H3,(H,24,32,33). The Morgan fingerprint density at radius 3 is 2.71 bits per heavy atom. The quantitative estimate of drug-likeness (QED) is 0.456. The zero-order valence-electron chi connectivity index (χ0n) is 19.4. The number of aromatic amines is 1. The number of benzene rings is 1. The van der Waals surface area contributed by atoms with Gasteiger partial charge >= 0.3 is 5.69 Å². The molecule has 0 radical (unpaired) electrons. The Morgan fingerprint density at radius 1 is 1.32 bits per heavy atom. The fraction of sp³-hybridized carbons (Fsp3) is 0.429. The van der Waals surface area contributed by atoms with Crippen LogP contribution in [0.2, 0.25) is 0 Å². The number of carbonyl (C=O) groups excluding carboxylic acids is 1. The van der Waals surface area contributed by atoms with Gasteiger partial charge in [-0.1, -0.05) is 13.8 Å². The van der Waals surface area contributed by atoms with Gasteiger partial charge in [-0.15, -0.1) is 10.2 Å². The van der Waals surface area contributed by atoms with E-state index in [0.717, 1.165) is 9.70 Å². The lowest BCUT2D eigenvalue weighted by molar-refractivity contribution is -0.119. The van der Waals surface area contributed by atoms with E-state index < -0.39 is 17.2 Å². The van der Waals surface area contributed by atoms with Crippen LogP contribution in [-0.2, 0) is 22.6 Å². The summed E-state index contributed by atoms with van der Waals surface area (Å²) in [6, 6.07) is 4.38. The highest BCUT2D eigenvalue weighted by Gasteiger charge is 2.25. The van der Waals surface area contributed by atoms with Crippen LogP contribution in [0.5, 0.6) is 0 Å². The van der Waals surface area contributed by atoms with Crippen molar-refractivity contribution in [3.8, 4) is 11.4 Å². The van der Waals surface area contributed by atoms with Crippen molar-refractivity contribution < 1.29 is 13.9 Å². The molecule has 13 heteroatoms. The molecule has 0 bridgehead atoms.